The van der Waals surface area contributed by atoms with Gasteiger partial charge in [0.1, 0.15) is 17.3 Å². The van der Waals surface area contributed by atoms with Crippen molar-refractivity contribution in [1.29, 1.82) is 5.26 Å². The van der Waals surface area contributed by atoms with Gasteiger partial charge in [0.2, 0.25) is 11.8 Å². The van der Waals surface area contributed by atoms with Gasteiger partial charge in [-0.05, 0) is 24.6 Å². The molecule has 0 radical (unpaired) electrons. The molecular formula is C21H18N4O3. The summed E-state index contributed by atoms with van der Waals surface area (Å²) in [5.74, 6) is 0.170. The minimum Gasteiger partial charge on any atom is -0.504 e. The van der Waals surface area contributed by atoms with Crippen molar-refractivity contribution in [2.75, 3.05) is 7.11 Å². The van der Waals surface area contributed by atoms with Crippen LogP contribution in [0, 0.1) is 18.3 Å². The number of hydrogen-bond donors (Lipinski definition) is 3. The van der Waals surface area contributed by atoms with Gasteiger partial charge in [-0.3, -0.25) is 0 Å². The molecule has 140 valence electrons. The number of aromatic nitrogens is 2. The minimum absolute atomic E-state index is 0.00872. The lowest BCUT2D eigenvalue weighted by Crippen LogP contribution is -2.21. The number of aryl methyl sites for hydroxylation is 1. The number of aromatic amines is 1. The molecule has 1 atom stereocenters. The zero-order valence-corrected chi connectivity index (χ0v) is 15.4. The summed E-state index contributed by atoms with van der Waals surface area (Å²) in [7, 11) is 1.48. The van der Waals surface area contributed by atoms with Crippen molar-refractivity contribution in [3.05, 3.63) is 70.6 Å². The SMILES string of the molecule is COc1ccc(C2C(C#N)=C(N)Oc3[nH]nc(-c4ccc(C)cc4)c32)cc1O. The van der Waals surface area contributed by atoms with Crippen LogP contribution < -0.4 is 15.2 Å². The lowest BCUT2D eigenvalue weighted by Gasteiger charge is -2.24. The van der Waals surface area contributed by atoms with E-state index in [1.165, 1.54) is 7.11 Å². The van der Waals surface area contributed by atoms with Gasteiger partial charge in [0.25, 0.3) is 0 Å². The predicted molar refractivity (Wildman–Crippen MR) is 103 cm³/mol. The molecule has 28 heavy (non-hydrogen) atoms. The molecule has 1 aliphatic rings. The number of rotatable bonds is 3. The molecule has 0 fully saturated rings. The van der Waals surface area contributed by atoms with Crippen molar-refractivity contribution in [3.63, 3.8) is 0 Å². The molecule has 0 aliphatic carbocycles. The molecule has 4 N–H and O–H groups in total. The molecule has 1 aliphatic heterocycles. The van der Waals surface area contributed by atoms with Crippen LogP contribution in [0.3, 0.4) is 0 Å². The predicted octanol–water partition coefficient (Wildman–Crippen LogP) is 3.32. The lowest BCUT2D eigenvalue weighted by atomic mass is 9.83. The van der Waals surface area contributed by atoms with E-state index >= 15 is 0 Å². The van der Waals surface area contributed by atoms with Gasteiger partial charge < -0.3 is 20.3 Å². The highest BCUT2D eigenvalue weighted by atomic mass is 16.5. The third-order valence-electron chi connectivity index (χ3n) is 4.81. The monoisotopic (exact) mass is 374 g/mol. The van der Waals surface area contributed by atoms with Gasteiger partial charge in [0.15, 0.2) is 11.5 Å². The van der Waals surface area contributed by atoms with Crippen LogP contribution in [0.15, 0.2) is 53.9 Å². The van der Waals surface area contributed by atoms with Gasteiger partial charge in [-0.25, -0.2) is 5.10 Å². The molecule has 7 heteroatoms. The topological polar surface area (TPSA) is 117 Å². The Balaban J connectivity index is 1.93. The maximum Gasteiger partial charge on any atom is 0.222 e. The fraction of sp³-hybridized carbons (Fsp3) is 0.143. The number of phenols is 1. The Hall–Kier alpha value is -3.92. The maximum atomic E-state index is 10.3. The summed E-state index contributed by atoms with van der Waals surface area (Å²) >= 11 is 0. The summed E-state index contributed by atoms with van der Waals surface area (Å²) in [4.78, 5) is 0. The van der Waals surface area contributed by atoms with E-state index in [-0.39, 0.29) is 17.2 Å². The lowest BCUT2D eigenvalue weighted by molar-refractivity contribution is 0.371. The number of fused-ring (bicyclic) bond motifs is 1. The summed E-state index contributed by atoms with van der Waals surface area (Å²) < 4.78 is 10.7. The standard InChI is InChI=1S/C21H18N4O3/c1-11-3-5-12(6-4-11)19-18-17(13-7-8-16(27-2)15(26)9-13)14(10-22)20(23)28-21(18)25-24-19/h3-9,17,26H,23H2,1-2H3,(H,24,25). The van der Waals surface area contributed by atoms with E-state index in [9.17, 15) is 10.4 Å². The second-order valence-corrected chi connectivity index (χ2v) is 6.54. The first-order chi connectivity index (χ1) is 13.5. The van der Waals surface area contributed by atoms with Crippen molar-refractivity contribution in [2.24, 2.45) is 5.73 Å². The Kier molecular flexibility index (Phi) is 4.17. The largest absolute Gasteiger partial charge is 0.504 e. The molecule has 7 nitrogen and oxygen atoms in total. The molecule has 0 bridgehead atoms. The number of nitrogens with one attached hydrogen (secondary N) is 1. The quantitative estimate of drug-likeness (QED) is 0.647. The molecule has 2 heterocycles. The van der Waals surface area contributed by atoms with E-state index in [0.29, 0.717) is 28.5 Å². The Morgan fingerprint density at radius 2 is 2.00 bits per heavy atom. The second-order valence-electron chi connectivity index (χ2n) is 6.54. The smallest absolute Gasteiger partial charge is 0.222 e. The third-order valence-corrected chi connectivity index (χ3v) is 4.81. The summed E-state index contributed by atoms with van der Waals surface area (Å²) in [6, 6.07) is 15.0. The summed E-state index contributed by atoms with van der Waals surface area (Å²) in [5.41, 5.74) is 10.3. The van der Waals surface area contributed by atoms with Crippen LogP contribution in [0.4, 0.5) is 0 Å². The van der Waals surface area contributed by atoms with Gasteiger partial charge >= 0.3 is 0 Å². The first-order valence-corrected chi connectivity index (χ1v) is 8.63. The van der Waals surface area contributed by atoms with Crippen molar-refractivity contribution >= 4 is 0 Å². The Morgan fingerprint density at radius 3 is 2.64 bits per heavy atom. The maximum absolute atomic E-state index is 10.3. The number of nitrogens with two attached hydrogens (primary N) is 1. The van der Waals surface area contributed by atoms with Gasteiger partial charge in [0, 0.05) is 5.56 Å². The van der Waals surface area contributed by atoms with Crippen LogP contribution in [0.1, 0.15) is 22.6 Å². The van der Waals surface area contributed by atoms with E-state index in [4.69, 9.17) is 15.2 Å². The van der Waals surface area contributed by atoms with Gasteiger partial charge in [-0.2, -0.15) is 10.4 Å². The average Bonchev–Trinajstić information content (AvgIpc) is 3.10. The number of benzene rings is 2. The highest BCUT2D eigenvalue weighted by Crippen LogP contribution is 2.46. The van der Waals surface area contributed by atoms with Gasteiger partial charge in [0.05, 0.1) is 18.6 Å². The van der Waals surface area contributed by atoms with Crippen molar-refractivity contribution in [2.45, 2.75) is 12.8 Å². The fourth-order valence-corrected chi connectivity index (χ4v) is 3.40. The number of methoxy groups -OCH3 is 1. The number of aromatic hydroxyl groups is 1. The molecule has 0 spiro atoms. The molecule has 0 saturated heterocycles. The number of phenolic OH excluding ortho intramolecular Hbond substituents is 1. The number of H-pyrrole nitrogens is 1. The zero-order chi connectivity index (χ0) is 19.8. The molecule has 3 aromatic rings. The molecule has 2 aromatic carbocycles. The van der Waals surface area contributed by atoms with Gasteiger partial charge in [-0.15, -0.1) is 0 Å². The number of nitriles is 1. The van der Waals surface area contributed by atoms with Crippen molar-refractivity contribution in [3.8, 4) is 34.7 Å². The van der Waals surface area contributed by atoms with Crippen molar-refractivity contribution in [1.82, 2.24) is 10.2 Å². The Labute approximate surface area is 161 Å². The van der Waals surface area contributed by atoms with E-state index in [1.807, 2.05) is 31.2 Å². The second kappa shape index (κ2) is 6.67. The van der Waals surface area contributed by atoms with Crippen LogP contribution in [0.25, 0.3) is 11.3 Å². The highest BCUT2D eigenvalue weighted by molar-refractivity contribution is 5.71. The van der Waals surface area contributed by atoms with Crippen LogP contribution >= 0.6 is 0 Å². The Morgan fingerprint density at radius 1 is 1.25 bits per heavy atom. The Bertz CT molecular complexity index is 1120. The molecule has 0 amide bonds. The number of nitrogens with zero attached hydrogens (tertiary/aromatic N) is 2. The van der Waals surface area contributed by atoms with E-state index in [2.05, 4.69) is 16.3 Å². The van der Waals surface area contributed by atoms with E-state index in [1.54, 1.807) is 18.2 Å². The first-order valence-electron chi connectivity index (χ1n) is 8.63. The summed E-state index contributed by atoms with van der Waals surface area (Å²) in [6.07, 6.45) is 0. The average molecular weight is 374 g/mol. The number of hydrogen-bond acceptors (Lipinski definition) is 6. The zero-order valence-electron chi connectivity index (χ0n) is 15.4. The van der Waals surface area contributed by atoms with E-state index in [0.717, 1.165) is 11.1 Å². The van der Waals surface area contributed by atoms with Crippen molar-refractivity contribution < 1.29 is 14.6 Å². The number of allylic oxidation sites excluding steroid dienone is 1. The van der Waals surface area contributed by atoms with Gasteiger partial charge in [-0.1, -0.05) is 35.9 Å². The van der Waals surface area contributed by atoms with Crippen LogP contribution in [0.2, 0.25) is 0 Å². The fourth-order valence-electron chi connectivity index (χ4n) is 3.40. The molecule has 4 rings (SSSR count). The number of ether oxygens (including phenoxy) is 2. The molecular weight excluding hydrogens is 356 g/mol. The highest BCUT2D eigenvalue weighted by Gasteiger charge is 2.35. The first kappa shape index (κ1) is 17.5. The van der Waals surface area contributed by atoms with Crippen LogP contribution in [-0.4, -0.2) is 22.4 Å². The molecule has 1 aromatic heterocycles. The summed E-state index contributed by atoms with van der Waals surface area (Å²) in [6.45, 7) is 2.01. The van der Waals surface area contributed by atoms with E-state index < -0.39 is 5.92 Å². The minimum atomic E-state index is -0.541. The molecule has 0 saturated carbocycles. The van der Waals surface area contributed by atoms with Crippen LogP contribution in [-0.2, 0) is 0 Å². The summed E-state index contributed by atoms with van der Waals surface area (Å²) in [5, 5.41) is 27.3. The van der Waals surface area contributed by atoms with Crippen LogP contribution in [0.5, 0.6) is 17.4 Å². The normalized spacial score (nSPS) is 15.5. The molecule has 1 unspecified atom stereocenters. The third kappa shape index (κ3) is 2.72.